The topological polar surface area (TPSA) is 162 Å². The van der Waals surface area contributed by atoms with Gasteiger partial charge in [-0.25, -0.2) is 14.2 Å². The van der Waals surface area contributed by atoms with Crippen molar-refractivity contribution in [2.75, 3.05) is 6.61 Å². The smallest absolute Gasteiger partial charge is 0.349 e. The van der Waals surface area contributed by atoms with Gasteiger partial charge >= 0.3 is 5.69 Å². The van der Waals surface area contributed by atoms with E-state index in [2.05, 4.69) is 9.97 Å². The number of aliphatic hydroxyl groups is 4. The summed E-state index contributed by atoms with van der Waals surface area (Å²) in [5.41, 5.74) is -1.16. The van der Waals surface area contributed by atoms with Crippen molar-refractivity contribution in [1.82, 2.24) is 19.5 Å². The fourth-order valence-corrected chi connectivity index (χ4v) is 3.14. The Morgan fingerprint density at radius 3 is 2.50 bits per heavy atom. The van der Waals surface area contributed by atoms with Gasteiger partial charge in [-0.1, -0.05) is 0 Å². The predicted molar refractivity (Wildman–Crippen MR) is 95.6 cm³/mol. The molecule has 1 aromatic rings. The second-order valence-electron chi connectivity index (χ2n) is 6.57. The van der Waals surface area contributed by atoms with Crippen LogP contribution in [0.2, 0.25) is 0 Å². The Balaban J connectivity index is 2.35. The van der Waals surface area contributed by atoms with Crippen molar-refractivity contribution in [3.05, 3.63) is 43.8 Å². The lowest BCUT2D eigenvalue weighted by atomic mass is 10.1. The molecule has 0 aromatic heterocycles. The zero-order chi connectivity index (χ0) is 20.7. The SMILES string of the molecule is Cc1cc2nc3c(=O)[nH]c(=O)nc-3n(CC(O)C(O)C(O)CO)c2c(C)c1F. The van der Waals surface area contributed by atoms with Gasteiger partial charge in [0.15, 0.2) is 11.5 Å². The largest absolute Gasteiger partial charge is 0.394 e. The number of hydrogen-bond acceptors (Lipinski definition) is 8. The Labute approximate surface area is 156 Å². The molecule has 150 valence electrons. The molecular weight excluding hydrogens is 375 g/mol. The fourth-order valence-electron chi connectivity index (χ4n) is 3.14. The minimum Gasteiger partial charge on any atom is -0.394 e. The Morgan fingerprint density at radius 1 is 1.18 bits per heavy atom. The summed E-state index contributed by atoms with van der Waals surface area (Å²) in [7, 11) is 0. The van der Waals surface area contributed by atoms with Crippen LogP contribution in [-0.2, 0) is 6.54 Å². The average Bonchev–Trinajstić information content (AvgIpc) is 2.65. The molecule has 2 heterocycles. The number of rotatable bonds is 5. The third-order valence-corrected chi connectivity index (χ3v) is 4.58. The Hall–Kier alpha value is -2.73. The summed E-state index contributed by atoms with van der Waals surface area (Å²) < 4.78 is 15.7. The van der Waals surface area contributed by atoms with E-state index in [4.69, 9.17) is 5.11 Å². The van der Waals surface area contributed by atoms with Crippen LogP contribution in [0.3, 0.4) is 0 Å². The highest BCUT2D eigenvalue weighted by Gasteiger charge is 2.28. The number of fused-ring (bicyclic) bond motifs is 2. The lowest BCUT2D eigenvalue weighted by Crippen LogP contribution is -2.42. The van der Waals surface area contributed by atoms with Gasteiger partial charge < -0.3 is 25.0 Å². The van der Waals surface area contributed by atoms with Crippen molar-refractivity contribution in [1.29, 1.82) is 0 Å². The van der Waals surface area contributed by atoms with E-state index in [0.29, 0.717) is 0 Å². The van der Waals surface area contributed by atoms with Crippen LogP contribution in [-0.4, -0.2) is 64.9 Å². The summed E-state index contributed by atoms with van der Waals surface area (Å²) in [4.78, 5) is 33.8. The average molecular weight is 394 g/mol. The molecule has 5 N–H and O–H groups in total. The molecule has 28 heavy (non-hydrogen) atoms. The zero-order valence-corrected chi connectivity index (χ0v) is 15.0. The van der Waals surface area contributed by atoms with Gasteiger partial charge in [-0.15, -0.1) is 0 Å². The second-order valence-corrected chi connectivity index (χ2v) is 6.57. The summed E-state index contributed by atoms with van der Waals surface area (Å²) >= 11 is 0. The van der Waals surface area contributed by atoms with Gasteiger partial charge in [0, 0.05) is 5.56 Å². The number of hydrogen-bond donors (Lipinski definition) is 5. The van der Waals surface area contributed by atoms with Crippen molar-refractivity contribution in [2.24, 2.45) is 0 Å². The minimum atomic E-state index is -1.74. The minimum absolute atomic E-state index is 0.142. The van der Waals surface area contributed by atoms with Crippen LogP contribution in [0.5, 0.6) is 0 Å². The number of aliphatic hydroxyl groups excluding tert-OH is 4. The Morgan fingerprint density at radius 2 is 1.86 bits per heavy atom. The quantitative estimate of drug-likeness (QED) is 0.324. The van der Waals surface area contributed by atoms with Gasteiger partial charge in [0.2, 0.25) is 0 Å². The lowest BCUT2D eigenvalue weighted by Gasteiger charge is -2.25. The molecule has 11 heteroatoms. The number of aromatic amines is 1. The molecule has 0 saturated carbocycles. The third kappa shape index (κ3) is 3.29. The second kappa shape index (κ2) is 7.36. The molecule has 1 aromatic carbocycles. The maximum Gasteiger partial charge on any atom is 0.349 e. The van der Waals surface area contributed by atoms with Gasteiger partial charge in [-0.05, 0) is 25.5 Å². The van der Waals surface area contributed by atoms with E-state index in [-0.39, 0.29) is 33.7 Å². The number of benzene rings is 1. The van der Waals surface area contributed by atoms with Crippen LogP contribution in [0.4, 0.5) is 4.39 Å². The summed E-state index contributed by atoms with van der Waals surface area (Å²) in [6.45, 7) is 1.74. The van der Waals surface area contributed by atoms with Crippen LogP contribution in [0.25, 0.3) is 22.6 Å². The number of H-pyrrole nitrogens is 1. The molecule has 2 aliphatic heterocycles. The van der Waals surface area contributed by atoms with Crippen molar-refractivity contribution < 1.29 is 24.8 Å². The maximum atomic E-state index is 14.5. The van der Waals surface area contributed by atoms with Crippen LogP contribution in [0.1, 0.15) is 11.1 Å². The first-order valence-electron chi connectivity index (χ1n) is 8.41. The van der Waals surface area contributed by atoms with E-state index >= 15 is 0 Å². The van der Waals surface area contributed by atoms with Crippen molar-refractivity contribution >= 4 is 11.0 Å². The summed E-state index contributed by atoms with van der Waals surface area (Å²) in [6, 6.07) is 1.41. The molecular formula is C17H19FN4O6. The van der Waals surface area contributed by atoms with Crippen molar-refractivity contribution in [3.63, 3.8) is 0 Å². The molecule has 0 aliphatic carbocycles. The monoisotopic (exact) mass is 394 g/mol. The van der Waals surface area contributed by atoms with Crippen LogP contribution >= 0.6 is 0 Å². The highest BCUT2D eigenvalue weighted by Crippen LogP contribution is 2.27. The highest BCUT2D eigenvalue weighted by atomic mass is 19.1. The van der Waals surface area contributed by atoms with E-state index in [0.717, 1.165) is 0 Å². The number of nitrogens with one attached hydrogen (secondary N) is 1. The van der Waals surface area contributed by atoms with E-state index < -0.39 is 48.5 Å². The van der Waals surface area contributed by atoms with E-state index in [9.17, 15) is 29.3 Å². The van der Waals surface area contributed by atoms with Crippen LogP contribution < -0.4 is 11.2 Å². The number of nitrogens with zero attached hydrogens (tertiary/aromatic N) is 3. The first-order valence-corrected chi connectivity index (χ1v) is 8.41. The molecule has 0 fully saturated rings. The zero-order valence-electron chi connectivity index (χ0n) is 15.0. The van der Waals surface area contributed by atoms with Gasteiger partial charge in [0.1, 0.15) is 24.1 Å². The molecule has 3 unspecified atom stereocenters. The van der Waals surface area contributed by atoms with Gasteiger partial charge in [0.25, 0.3) is 5.56 Å². The van der Waals surface area contributed by atoms with E-state index in [1.54, 1.807) is 0 Å². The van der Waals surface area contributed by atoms with Crippen molar-refractivity contribution in [2.45, 2.75) is 38.7 Å². The molecule has 3 atom stereocenters. The van der Waals surface area contributed by atoms with Gasteiger partial charge in [-0.2, -0.15) is 4.98 Å². The molecule has 10 nitrogen and oxygen atoms in total. The summed E-state index contributed by atoms with van der Waals surface area (Å²) in [5.74, 6) is -0.752. The van der Waals surface area contributed by atoms with Gasteiger partial charge in [-0.3, -0.25) is 9.78 Å². The molecule has 0 saturated heterocycles. The number of aryl methyl sites for hydroxylation is 2. The first-order chi connectivity index (χ1) is 13.1. The van der Waals surface area contributed by atoms with Crippen molar-refractivity contribution in [3.8, 4) is 11.5 Å². The predicted octanol–water partition coefficient (Wildman–Crippen LogP) is -1.58. The molecule has 2 aliphatic rings. The van der Waals surface area contributed by atoms with Crippen LogP contribution in [0.15, 0.2) is 15.7 Å². The lowest BCUT2D eigenvalue weighted by molar-refractivity contribution is -0.0802. The van der Waals surface area contributed by atoms with E-state index in [1.807, 2.05) is 4.98 Å². The number of halogens is 1. The van der Waals surface area contributed by atoms with Crippen LogP contribution in [0, 0.1) is 19.7 Å². The van der Waals surface area contributed by atoms with E-state index in [1.165, 1.54) is 24.5 Å². The molecule has 0 bridgehead atoms. The molecule has 0 radical (unpaired) electrons. The Kier molecular flexibility index (Phi) is 5.26. The Bertz CT molecular complexity index is 1130. The first kappa shape index (κ1) is 20.0. The third-order valence-electron chi connectivity index (χ3n) is 4.58. The summed E-state index contributed by atoms with van der Waals surface area (Å²) in [6.07, 6.45) is -4.98. The standard InChI is InChI=1S/C17H19FN4O6/c1-6-3-8-13(7(2)11(6)18)22(4-9(24)14(26)10(25)5-23)15-12(19-8)16(27)21-17(28)20-15/h3,9-10,14,23-26H,4-5H2,1-2H3,(H,21,27,28). The maximum absolute atomic E-state index is 14.5. The molecule has 3 rings (SSSR count). The number of aromatic nitrogens is 4. The highest BCUT2D eigenvalue weighted by molar-refractivity contribution is 5.83. The van der Waals surface area contributed by atoms with Gasteiger partial charge in [0.05, 0.1) is 24.2 Å². The molecule has 0 amide bonds. The normalized spacial score (nSPS) is 15.1. The fraction of sp³-hybridized carbons (Fsp3) is 0.412. The molecule has 0 spiro atoms. The summed E-state index contributed by atoms with van der Waals surface area (Å²) in [5, 5.41) is 38.8.